The van der Waals surface area contributed by atoms with Gasteiger partial charge in [0.15, 0.2) is 0 Å². The van der Waals surface area contributed by atoms with Gasteiger partial charge in [-0.2, -0.15) is 0 Å². The van der Waals surface area contributed by atoms with Crippen LogP contribution in [0.15, 0.2) is 18.2 Å². The van der Waals surface area contributed by atoms with Crippen molar-refractivity contribution in [2.45, 2.75) is 12.5 Å². The minimum absolute atomic E-state index is 0.0736. The van der Waals surface area contributed by atoms with Crippen LogP contribution in [-0.4, -0.2) is 17.3 Å². The number of rotatable bonds is 3. The molecule has 1 rings (SSSR count). The van der Waals surface area contributed by atoms with Crippen molar-refractivity contribution in [3.63, 3.8) is 0 Å². The van der Waals surface area contributed by atoms with E-state index in [4.69, 9.17) is 23.2 Å². The van der Waals surface area contributed by atoms with Crippen molar-refractivity contribution < 1.29 is 23.0 Å². The van der Waals surface area contributed by atoms with Gasteiger partial charge in [0.05, 0.1) is 17.0 Å². The molecule has 2 nitrogen and oxygen atoms in total. The fourth-order valence-electron chi connectivity index (χ4n) is 1.02. The van der Waals surface area contributed by atoms with Gasteiger partial charge in [0.25, 0.3) is 0 Å². The van der Waals surface area contributed by atoms with E-state index in [1.54, 1.807) is 0 Å². The second-order valence-corrected chi connectivity index (χ2v) is 3.62. The highest BCUT2D eigenvalue weighted by molar-refractivity contribution is 6.32. The van der Waals surface area contributed by atoms with Crippen LogP contribution in [0.2, 0.25) is 5.02 Å². The lowest BCUT2D eigenvalue weighted by Crippen LogP contribution is -2.17. The van der Waals surface area contributed by atoms with Crippen LogP contribution < -0.4 is 4.74 Å². The smallest absolute Gasteiger partial charge is 0.404 e. The summed E-state index contributed by atoms with van der Waals surface area (Å²) in [4.78, 5) is 0. The molecule has 0 radical (unpaired) electrons. The van der Waals surface area contributed by atoms with E-state index in [1.165, 1.54) is 12.1 Å². The lowest BCUT2D eigenvalue weighted by Gasteiger charge is -2.12. The molecule has 0 amide bonds. The Bertz CT molecular complexity index is 368. The zero-order valence-corrected chi connectivity index (χ0v) is 9.27. The minimum atomic E-state index is -4.80. The summed E-state index contributed by atoms with van der Waals surface area (Å²) in [5.41, 5.74) is 0.328. The molecule has 1 atom stereocenters. The van der Waals surface area contributed by atoms with Gasteiger partial charge in [0, 0.05) is 0 Å². The second-order valence-electron chi connectivity index (χ2n) is 2.91. The molecule has 0 aliphatic heterocycles. The number of hydrogen-bond donors (Lipinski definition) is 1. The van der Waals surface area contributed by atoms with Crippen molar-refractivity contribution in [3.05, 3.63) is 28.8 Å². The molecule has 0 aliphatic rings. The molecule has 16 heavy (non-hydrogen) atoms. The van der Waals surface area contributed by atoms with Crippen LogP contribution >= 0.6 is 23.2 Å². The number of benzene rings is 1. The maximum Gasteiger partial charge on any atom is 0.573 e. The van der Waals surface area contributed by atoms with Crippen LogP contribution in [0.1, 0.15) is 11.7 Å². The van der Waals surface area contributed by atoms with Gasteiger partial charge < -0.3 is 9.84 Å². The first-order valence-electron chi connectivity index (χ1n) is 4.12. The van der Waals surface area contributed by atoms with Crippen molar-refractivity contribution in [1.82, 2.24) is 0 Å². The minimum Gasteiger partial charge on any atom is -0.404 e. The molecule has 0 aromatic heterocycles. The van der Waals surface area contributed by atoms with Gasteiger partial charge in [0.1, 0.15) is 5.75 Å². The zero-order valence-electron chi connectivity index (χ0n) is 7.76. The Balaban J connectivity index is 2.92. The number of aliphatic hydroxyl groups excluding tert-OH is 1. The topological polar surface area (TPSA) is 29.5 Å². The third kappa shape index (κ3) is 3.73. The molecule has 0 bridgehead atoms. The van der Waals surface area contributed by atoms with Crippen LogP contribution in [0.4, 0.5) is 13.2 Å². The van der Waals surface area contributed by atoms with Gasteiger partial charge in [-0.05, 0) is 17.7 Å². The Kier molecular flexibility index (Phi) is 4.29. The van der Waals surface area contributed by atoms with Gasteiger partial charge >= 0.3 is 6.36 Å². The van der Waals surface area contributed by atoms with Crippen molar-refractivity contribution in [1.29, 1.82) is 0 Å². The number of hydrogen-bond acceptors (Lipinski definition) is 2. The van der Waals surface area contributed by atoms with E-state index in [-0.39, 0.29) is 10.9 Å². The quantitative estimate of drug-likeness (QED) is 0.855. The van der Waals surface area contributed by atoms with Crippen LogP contribution in [-0.2, 0) is 0 Å². The second kappa shape index (κ2) is 5.12. The summed E-state index contributed by atoms with van der Waals surface area (Å²) in [6, 6.07) is 3.47. The molecular weight excluding hydrogens is 268 g/mol. The molecule has 0 spiro atoms. The van der Waals surface area contributed by atoms with Gasteiger partial charge in [0.2, 0.25) is 0 Å². The lowest BCUT2D eigenvalue weighted by atomic mass is 10.1. The maximum absolute atomic E-state index is 11.9. The largest absolute Gasteiger partial charge is 0.573 e. The predicted molar refractivity (Wildman–Crippen MR) is 53.8 cm³/mol. The summed E-state index contributed by atoms with van der Waals surface area (Å²) in [5.74, 6) is -0.588. The fourth-order valence-corrected chi connectivity index (χ4v) is 1.43. The first-order valence-corrected chi connectivity index (χ1v) is 5.04. The summed E-state index contributed by atoms with van der Waals surface area (Å²) in [7, 11) is 0. The average Bonchev–Trinajstić information content (AvgIpc) is 2.18. The van der Waals surface area contributed by atoms with Crippen LogP contribution in [0.3, 0.4) is 0 Å². The zero-order chi connectivity index (χ0) is 12.3. The van der Waals surface area contributed by atoms with E-state index in [0.717, 1.165) is 6.07 Å². The van der Waals surface area contributed by atoms with Gasteiger partial charge in [-0.3, -0.25) is 0 Å². The number of halogens is 5. The van der Waals surface area contributed by atoms with Crippen LogP contribution in [0, 0.1) is 0 Å². The maximum atomic E-state index is 11.9. The van der Waals surface area contributed by atoms with E-state index >= 15 is 0 Å². The molecule has 0 unspecified atom stereocenters. The molecule has 0 saturated heterocycles. The highest BCUT2D eigenvalue weighted by Crippen LogP contribution is 2.32. The fraction of sp³-hybridized carbons (Fsp3) is 0.333. The molecule has 1 aromatic carbocycles. The molecule has 1 N–H and O–H groups in total. The Hall–Kier alpha value is -0.650. The van der Waals surface area contributed by atoms with E-state index < -0.39 is 18.2 Å². The monoisotopic (exact) mass is 274 g/mol. The summed E-state index contributed by atoms with van der Waals surface area (Å²) < 4.78 is 39.3. The highest BCUT2D eigenvalue weighted by Gasteiger charge is 2.32. The summed E-state index contributed by atoms with van der Waals surface area (Å²) in [6.07, 6.45) is -5.77. The van der Waals surface area contributed by atoms with Crippen molar-refractivity contribution >= 4 is 23.2 Å². The molecule has 0 fully saturated rings. The molecule has 90 valence electrons. The third-order valence-electron chi connectivity index (χ3n) is 1.71. The first-order chi connectivity index (χ1) is 7.33. The van der Waals surface area contributed by atoms with Crippen molar-refractivity contribution in [3.8, 4) is 5.75 Å². The van der Waals surface area contributed by atoms with Gasteiger partial charge in [-0.25, -0.2) is 0 Å². The standard InChI is InChI=1S/C9H7Cl2F3O2/c10-4-7(15)5-1-2-8(6(11)3-5)16-9(12,13)14/h1-3,7,15H,4H2/t7-/m0/s1. The summed E-state index contributed by atoms with van der Waals surface area (Å²) >= 11 is 10.9. The van der Waals surface area contributed by atoms with E-state index in [9.17, 15) is 18.3 Å². The first kappa shape index (κ1) is 13.4. The summed E-state index contributed by atoms with van der Waals surface area (Å²) in [6.45, 7) is 0. The number of aliphatic hydroxyl groups is 1. The lowest BCUT2D eigenvalue weighted by molar-refractivity contribution is -0.274. The Labute approximate surface area is 99.5 Å². The van der Waals surface area contributed by atoms with Crippen LogP contribution in [0.5, 0.6) is 5.75 Å². The Morgan fingerprint density at radius 2 is 2.00 bits per heavy atom. The van der Waals surface area contributed by atoms with E-state index in [1.807, 2.05) is 0 Å². The van der Waals surface area contributed by atoms with E-state index in [2.05, 4.69) is 4.74 Å². The van der Waals surface area contributed by atoms with Crippen LogP contribution in [0.25, 0.3) is 0 Å². The van der Waals surface area contributed by atoms with Crippen molar-refractivity contribution in [2.75, 3.05) is 5.88 Å². The van der Waals surface area contributed by atoms with Gasteiger partial charge in [-0.1, -0.05) is 17.7 Å². The molecule has 1 aromatic rings. The third-order valence-corrected chi connectivity index (χ3v) is 2.30. The van der Waals surface area contributed by atoms with E-state index in [0.29, 0.717) is 5.56 Å². The summed E-state index contributed by atoms with van der Waals surface area (Å²) in [5, 5.41) is 9.09. The predicted octanol–water partition coefficient (Wildman–Crippen LogP) is 3.51. The average molecular weight is 275 g/mol. The molecule has 7 heteroatoms. The number of alkyl halides is 4. The molecule has 0 saturated carbocycles. The Morgan fingerprint density at radius 3 is 2.44 bits per heavy atom. The molecule has 0 aliphatic carbocycles. The normalized spacial score (nSPS) is 13.6. The van der Waals surface area contributed by atoms with Gasteiger partial charge in [-0.15, -0.1) is 24.8 Å². The SMILES string of the molecule is O[C@@H](CCl)c1ccc(OC(F)(F)F)c(Cl)c1. The highest BCUT2D eigenvalue weighted by atomic mass is 35.5. The Morgan fingerprint density at radius 1 is 1.38 bits per heavy atom. The molecular formula is C9H7Cl2F3O2. The molecule has 0 heterocycles. The number of ether oxygens (including phenoxy) is 1. The van der Waals surface area contributed by atoms with Crippen molar-refractivity contribution in [2.24, 2.45) is 0 Å².